The van der Waals surface area contributed by atoms with Crippen LogP contribution in [0.5, 0.6) is 0 Å². The van der Waals surface area contributed by atoms with Gasteiger partial charge in [0.25, 0.3) is 0 Å². The van der Waals surface area contributed by atoms with E-state index in [1.54, 1.807) is 25.3 Å². The summed E-state index contributed by atoms with van der Waals surface area (Å²) in [4.78, 5) is 12.4. The smallest absolute Gasteiger partial charge is 0.175 e. The Morgan fingerprint density at radius 2 is 1.82 bits per heavy atom. The maximum Gasteiger partial charge on any atom is 0.175 e. The minimum atomic E-state index is 0.355. The van der Waals surface area contributed by atoms with Crippen LogP contribution in [0.25, 0.3) is 0 Å². The van der Waals surface area contributed by atoms with E-state index in [4.69, 9.17) is 10.3 Å². The van der Waals surface area contributed by atoms with E-state index in [2.05, 4.69) is 46.7 Å². The Morgan fingerprint density at radius 3 is 2.41 bits per heavy atom. The molecule has 3 heterocycles. The molecule has 0 aliphatic carbocycles. The zero-order chi connectivity index (χ0) is 15.5. The molecular weight excluding hydrogens is 350 g/mol. The normalized spacial score (nSPS) is 10.5. The Hall–Kier alpha value is -2.68. The standard InChI is InChI=1S/C13H12BrN7O/c1-7-4-10(21-22-7)20-13-11(15)12(17-6-18-13)19-9-3-2-8(14)5-16-9/h2-6H,15H2,1H3,(H2,16,17,18,19,20,21). The zero-order valence-corrected chi connectivity index (χ0v) is 13.1. The minimum Gasteiger partial charge on any atom is -0.393 e. The third-order valence-electron chi connectivity index (χ3n) is 2.73. The van der Waals surface area contributed by atoms with E-state index in [1.807, 2.05) is 6.07 Å². The number of nitrogens with zero attached hydrogens (tertiary/aromatic N) is 4. The van der Waals surface area contributed by atoms with Crippen molar-refractivity contribution in [1.29, 1.82) is 0 Å². The van der Waals surface area contributed by atoms with Gasteiger partial charge in [0, 0.05) is 16.7 Å². The lowest BCUT2D eigenvalue weighted by molar-refractivity contribution is 0.400. The van der Waals surface area contributed by atoms with Crippen molar-refractivity contribution in [2.75, 3.05) is 16.4 Å². The summed E-state index contributed by atoms with van der Waals surface area (Å²) >= 11 is 3.33. The van der Waals surface area contributed by atoms with Gasteiger partial charge in [0.05, 0.1) is 0 Å². The molecule has 0 saturated heterocycles. The molecule has 0 aliphatic heterocycles. The molecule has 0 unspecified atom stereocenters. The molecule has 0 aliphatic rings. The number of hydrogen-bond donors (Lipinski definition) is 3. The summed E-state index contributed by atoms with van der Waals surface area (Å²) in [6, 6.07) is 5.41. The van der Waals surface area contributed by atoms with Gasteiger partial charge in [-0.3, -0.25) is 0 Å². The van der Waals surface area contributed by atoms with Gasteiger partial charge in [-0.15, -0.1) is 0 Å². The third kappa shape index (κ3) is 3.14. The maximum absolute atomic E-state index is 6.07. The molecule has 3 aromatic rings. The van der Waals surface area contributed by atoms with Crippen molar-refractivity contribution >= 4 is 44.9 Å². The average Bonchev–Trinajstić information content (AvgIpc) is 2.91. The van der Waals surface area contributed by atoms with E-state index in [1.165, 1.54) is 6.33 Å². The number of hydrogen-bond acceptors (Lipinski definition) is 8. The lowest BCUT2D eigenvalue weighted by atomic mass is 10.4. The second-order valence-electron chi connectivity index (χ2n) is 4.42. The second kappa shape index (κ2) is 5.98. The van der Waals surface area contributed by atoms with Gasteiger partial charge in [-0.2, -0.15) is 0 Å². The number of nitrogen functional groups attached to an aromatic ring is 1. The van der Waals surface area contributed by atoms with Gasteiger partial charge in [0.2, 0.25) is 0 Å². The van der Waals surface area contributed by atoms with Crippen LogP contribution in [0.4, 0.5) is 29.0 Å². The topological polar surface area (TPSA) is 115 Å². The molecule has 0 saturated carbocycles. The van der Waals surface area contributed by atoms with Gasteiger partial charge < -0.3 is 20.9 Å². The number of pyridine rings is 1. The van der Waals surface area contributed by atoms with Crippen LogP contribution in [-0.2, 0) is 0 Å². The van der Waals surface area contributed by atoms with E-state index in [-0.39, 0.29) is 0 Å². The second-order valence-corrected chi connectivity index (χ2v) is 5.33. The first-order valence-corrected chi connectivity index (χ1v) is 7.10. The molecule has 3 rings (SSSR count). The van der Waals surface area contributed by atoms with Crippen molar-refractivity contribution in [3.05, 3.63) is 41.0 Å². The molecule has 4 N–H and O–H groups in total. The average molecular weight is 362 g/mol. The van der Waals surface area contributed by atoms with Crippen LogP contribution < -0.4 is 16.4 Å². The van der Waals surface area contributed by atoms with Crippen molar-refractivity contribution in [2.45, 2.75) is 6.92 Å². The van der Waals surface area contributed by atoms with E-state index in [0.29, 0.717) is 34.7 Å². The molecule has 0 fully saturated rings. The SMILES string of the molecule is Cc1cc(Nc2ncnc(Nc3ccc(Br)cn3)c2N)no1. The highest BCUT2D eigenvalue weighted by Gasteiger charge is 2.10. The first-order chi connectivity index (χ1) is 10.6. The van der Waals surface area contributed by atoms with Gasteiger partial charge in [-0.25, -0.2) is 15.0 Å². The van der Waals surface area contributed by atoms with Crippen LogP contribution in [0.2, 0.25) is 0 Å². The number of aryl methyl sites for hydroxylation is 1. The third-order valence-corrected chi connectivity index (χ3v) is 3.20. The number of anilines is 5. The molecule has 0 atom stereocenters. The van der Waals surface area contributed by atoms with Crippen LogP contribution >= 0.6 is 15.9 Å². The predicted octanol–water partition coefficient (Wildman–Crippen LogP) is 3.00. The van der Waals surface area contributed by atoms with Gasteiger partial charge in [0.15, 0.2) is 17.5 Å². The summed E-state index contributed by atoms with van der Waals surface area (Å²) in [7, 11) is 0. The van der Waals surface area contributed by atoms with Crippen molar-refractivity contribution in [2.24, 2.45) is 0 Å². The summed E-state index contributed by atoms with van der Waals surface area (Å²) in [6.45, 7) is 1.80. The molecule has 8 nitrogen and oxygen atoms in total. The fraction of sp³-hybridized carbons (Fsp3) is 0.0769. The molecule has 0 aromatic carbocycles. The largest absolute Gasteiger partial charge is 0.393 e. The molecule has 0 amide bonds. The van der Waals surface area contributed by atoms with Crippen molar-refractivity contribution < 1.29 is 4.52 Å². The highest BCUT2D eigenvalue weighted by Crippen LogP contribution is 2.27. The lowest BCUT2D eigenvalue weighted by Gasteiger charge is -2.10. The van der Waals surface area contributed by atoms with Gasteiger partial charge >= 0.3 is 0 Å². The zero-order valence-electron chi connectivity index (χ0n) is 11.5. The van der Waals surface area contributed by atoms with Crippen LogP contribution in [0.1, 0.15) is 5.76 Å². The van der Waals surface area contributed by atoms with Crippen LogP contribution in [-0.4, -0.2) is 20.1 Å². The van der Waals surface area contributed by atoms with Crippen molar-refractivity contribution in [1.82, 2.24) is 20.1 Å². The summed E-state index contributed by atoms with van der Waals surface area (Å²) in [5, 5.41) is 9.85. The number of rotatable bonds is 4. The summed E-state index contributed by atoms with van der Waals surface area (Å²) in [5.41, 5.74) is 6.42. The number of nitrogens with two attached hydrogens (primary N) is 1. The molecular formula is C13H12BrN7O. The van der Waals surface area contributed by atoms with Crippen LogP contribution in [0, 0.1) is 6.92 Å². The molecule has 3 aromatic heterocycles. The fourth-order valence-electron chi connectivity index (χ4n) is 1.71. The monoisotopic (exact) mass is 361 g/mol. The van der Waals surface area contributed by atoms with Crippen LogP contribution in [0.3, 0.4) is 0 Å². The Bertz CT molecular complexity index is 787. The number of halogens is 1. The predicted molar refractivity (Wildman–Crippen MR) is 86.2 cm³/mol. The molecule has 112 valence electrons. The maximum atomic E-state index is 6.07. The van der Waals surface area contributed by atoms with Crippen molar-refractivity contribution in [3.8, 4) is 0 Å². The van der Waals surface area contributed by atoms with E-state index in [0.717, 1.165) is 4.47 Å². The molecule has 0 spiro atoms. The molecule has 9 heteroatoms. The van der Waals surface area contributed by atoms with E-state index < -0.39 is 0 Å². The fourth-order valence-corrected chi connectivity index (χ4v) is 1.95. The Balaban J connectivity index is 1.83. The summed E-state index contributed by atoms with van der Waals surface area (Å²) in [6.07, 6.45) is 3.07. The van der Waals surface area contributed by atoms with E-state index >= 15 is 0 Å². The highest BCUT2D eigenvalue weighted by molar-refractivity contribution is 9.10. The number of nitrogens with one attached hydrogen (secondary N) is 2. The quantitative estimate of drug-likeness (QED) is 0.649. The van der Waals surface area contributed by atoms with Crippen LogP contribution in [0.15, 0.2) is 39.7 Å². The number of aromatic nitrogens is 4. The van der Waals surface area contributed by atoms with Gasteiger partial charge in [0.1, 0.15) is 23.6 Å². The lowest BCUT2D eigenvalue weighted by Crippen LogP contribution is -2.05. The first kappa shape index (κ1) is 14.3. The van der Waals surface area contributed by atoms with Gasteiger partial charge in [-0.05, 0) is 35.0 Å². The molecule has 0 bridgehead atoms. The van der Waals surface area contributed by atoms with Crippen molar-refractivity contribution in [3.63, 3.8) is 0 Å². The van der Waals surface area contributed by atoms with E-state index in [9.17, 15) is 0 Å². The molecule has 0 radical (unpaired) electrons. The Kier molecular flexibility index (Phi) is 3.88. The summed E-state index contributed by atoms with van der Waals surface area (Å²) in [5.74, 6) is 2.72. The van der Waals surface area contributed by atoms with Gasteiger partial charge in [-0.1, -0.05) is 5.16 Å². The minimum absolute atomic E-state index is 0.355. The summed E-state index contributed by atoms with van der Waals surface area (Å²) < 4.78 is 5.87. The first-order valence-electron chi connectivity index (χ1n) is 6.31. The Labute approximate surface area is 134 Å². The highest BCUT2D eigenvalue weighted by atomic mass is 79.9. The molecule has 22 heavy (non-hydrogen) atoms. The Morgan fingerprint density at radius 1 is 1.09 bits per heavy atom.